The summed E-state index contributed by atoms with van der Waals surface area (Å²) in [6.45, 7) is 2.00. The van der Waals surface area contributed by atoms with Crippen molar-refractivity contribution in [2.24, 2.45) is 0 Å². The maximum atomic E-state index is 12.1. The number of nitrogens with zero attached hydrogens (tertiary/aromatic N) is 2. The molecule has 6 heteroatoms. The van der Waals surface area contributed by atoms with Gasteiger partial charge in [0.2, 0.25) is 5.76 Å². The molecule has 0 spiro atoms. The largest absolute Gasteiger partial charge is 0.461 e. The van der Waals surface area contributed by atoms with Gasteiger partial charge in [0.05, 0.1) is 6.26 Å². The van der Waals surface area contributed by atoms with E-state index < -0.39 is 0 Å². The van der Waals surface area contributed by atoms with Gasteiger partial charge < -0.3 is 19.2 Å². The molecule has 0 saturated carbocycles. The van der Waals surface area contributed by atoms with E-state index in [1.807, 2.05) is 0 Å². The van der Waals surface area contributed by atoms with E-state index in [0.29, 0.717) is 11.5 Å². The van der Waals surface area contributed by atoms with Gasteiger partial charge in [0.1, 0.15) is 0 Å². The van der Waals surface area contributed by atoms with E-state index in [4.69, 9.17) is 8.94 Å². The molecule has 0 aromatic carbocycles. The number of amides is 1. The van der Waals surface area contributed by atoms with Crippen LogP contribution in [0.15, 0.2) is 33.4 Å². The van der Waals surface area contributed by atoms with Gasteiger partial charge in [-0.05, 0) is 45.1 Å². The highest BCUT2D eigenvalue weighted by atomic mass is 16.5. The van der Waals surface area contributed by atoms with Crippen LogP contribution in [0.25, 0.3) is 11.5 Å². The summed E-state index contributed by atoms with van der Waals surface area (Å²) in [5, 5.41) is 6.79. The lowest BCUT2D eigenvalue weighted by atomic mass is 10.1. The number of carbonyl (C=O) groups is 1. The quantitative estimate of drug-likeness (QED) is 0.924. The number of hydrogen-bond acceptors (Lipinski definition) is 5. The van der Waals surface area contributed by atoms with Gasteiger partial charge in [-0.1, -0.05) is 5.16 Å². The topological polar surface area (TPSA) is 71.5 Å². The number of rotatable bonds is 3. The molecule has 1 fully saturated rings. The van der Waals surface area contributed by atoms with Crippen LogP contribution >= 0.6 is 0 Å². The minimum atomic E-state index is -0.193. The molecule has 1 N–H and O–H groups in total. The van der Waals surface area contributed by atoms with Crippen LogP contribution in [0, 0.1) is 0 Å². The normalized spacial score (nSPS) is 17.2. The molecule has 2 aromatic rings. The van der Waals surface area contributed by atoms with E-state index in [0.717, 1.165) is 25.9 Å². The number of furan rings is 1. The fraction of sp³-hybridized carbons (Fsp3) is 0.429. The highest BCUT2D eigenvalue weighted by Gasteiger charge is 2.21. The summed E-state index contributed by atoms with van der Waals surface area (Å²) in [5.41, 5.74) is 0.287. The molecule has 0 atom stereocenters. The van der Waals surface area contributed by atoms with Crippen LogP contribution in [-0.2, 0) is 0 Å². The summed E-state index contributed by atoms with van der Waals surface area (Å²) >= 11 is 0. The predicted octanol–water partition coefficient (Wildman–Crippen LogP) is 1.76. The number of likely N-dealkylation sites (tertiary alicyclic amines) is 1. The Morgan fingerprint density at radius 3 is 2.90 bits per heavy atom. The van der Waals surface area contributed by atoms with E-state index >= 15 is 0 Å². The predicted molar refractivity (Wildman–Crippen MR) is 72.2 cm³/mol. The van der Waals surface area contributed by atoms with Crippen molar-refractivity contribution in [3.8, 4) is 11.5 Å². The molecule has 1 saturated heterocycles. The Morgan fingerprint density at radius 2 is 2.20 bits per heavy atom. The van der Waals surface area contributed by atoms with Crippen molar-refractivity contribution in [1.82, 2.24) is 15.4 Å². The molecule has 106 valence electrons. The standard InChI is InChI=1S/C14H17N3O3/c1-17-6-4-10(5-7-17)15-14(18)11-9-13(20-16-11)12-3-2-8-19-12/h2-3,8-10H,4-7H2,1H3,(H,15,18). The summed E-state index contributed by atoms with van der Waals surface area (Å²) < 4.78 is 10.3. The second-order valence-corrected chi connectivity index (χ2v) is 5.10. The van der Waals surface area contributed by atoms with Gasteiger partial charge in [-0.2, -0.15) is 0 Å². The fourth-order valence-corrected chi connectivity index (χ4v) is 2.33. The van der Waals surface area contributed by atoms with Crippen LogP contribution < -0.4 is 5.32 Å². The molecule has 2 aromatic heterocycles. The smallest absolute Gasteiger partial charge is 0.273 e. The molecule has 0 aliphatic carbocycles. The Labute approximate surface area is 116 Å². The van der Waals surface area contributed by atoms with E-state index in [-0.39, 0.29) is 17.6 Å². The van der Waals surface area contributed by atoms with Crippen LogP contribution in [0.5, 0.6) is 0 Å². The third kappa shape index (κ3) is 2.75. The van der Waals surface area contributed by atoms with Gasteiger partial charge in [-0.3, -0.25) is 4.79 Å². The van der Waals surface area contributed by atoms with Crippen LogP contribution in [0.1, 0.15) is 23.3 Å². The van der Waals surface area contributed by atoms with Gasteiger partial charge in [-0.25, -0.2) is 0 Å². The minimum Gasteiger partial charge on any atom is -0.461 e. The van der Waals surface area contributed by atoms with Crippen LogP contribution in [0.2, 0.25) is 0 Å². The SMILES string of the molecule is CN1CCC(NC(=O)c2cc(-c3ccco3)on2)CC1. The zero-order valence-corrected chi connectivity index (χ0v) is 11.3. The fourth-order valence-electron chi connectivity index (χ4n) is 2.33. The van der Waals surface area contributed by atoms with Crippen molar-refractivity contribution >= 4 is 5.91 Å². The zero-order valence-electron chi connectivity index (χ0n) is 11.3. The Kier molecular flexibility index (Phi) is 3.56. The van der Waals surface area contributed by atoms with E-state index in [1.54, 1.807) is 24.5 Å². The monoisotopic (exact) mass is 275 g/mol. The van der Waals surface area contributed by atoms with E-state index in [9.17, 15) is 4.79 Å². The first-order valence-corrected chi connectivity index (χ1v) is 6.72. The Morgan fingerprint density at radius 1 is 1.40 bits per heavy atom. The molecule has 1 aliphatic heterocycles. The second-order valence-electron chi connectivity index (χ2n) is 5.10. The summed E-state index contributed by atoms with van der Waals surface area (Å²) in [4.78, 5) is 14.4. The first kappa shape index (κ1) is 12.9. The van der Waals surface area contributed by atoms with Crippen molar-refractivity contribution in [3.05, 3.63) is 30.2 Å². The van der Waals surface area contributed by atoms with Gasteiger partial charge >= 0.3 is 0 Å². The van der Waals surface area contributed by atoms with Gasteiger partial charge in [0.25, 0.3) is 5.91 Å². The summed E-state index contributed by atoms with van der Waals surface area (Å²) in [7, 11) is 2.09. The van der Waals surface area contributed by atoms with Crippen molar-refractivity contribution in [1.29, 1.82) is 0 Å². The van der Waals surface area contributed by atoms with Crippen LogP contribution in [0.4, 0.5) is 0 Å². The Bertz CT molecular complexity index is 568. The van der Waals surface area contributed by atoms with Gasteiger partial charge in [-0.15, -0.1) is 0 Å². The Hall–Kier alpha value is -2.08. The summed E-state index contributed by atoms with van der Waals surface area (Å²) in [6, 6.07) is 5.33. The molecule has 3 heterocycles. The highest BCUT2D eigenvalue weighted by molar-refractivity contribution is 5.93. The second kappa shape index (κ2) is 5.50. The van der Waals surface area contributed by atoms with E-state index in [1.165, 1.54) is 0 Å². The Balaban J connectivity index is 1.63. The lowest BCUT2D eigenvalue weighted by Crippen LogP contribution is -2.43. The minimum absolute atomic E-state index is 0.193. The molecule has 0 bridgehead atoms. The van der Waals surface area contributed by atoms with E-state index in [2.05, 4.69) is 22.4 Å². The molecule has 0 unspecified atom stereocenters. The molecule has 0 radical (unpaired) electrons. The maximum Gasteiger partial charge on any atom is 0.273 e. The molecule has 1 amide bonds. The zero-order chi connectivity index (χ0) is 13.9. The number of piperidine rings is 1. The molecule has 6 nitrogen and oxygen atoms in total. The lowest BCUT2D eigenvalue weighted by molar-refractivity contribution is 0.0908. The van der Waals surface area contributed by atoms with Crippen molar-refractivity contribution in [2.45, 2.75) is 18.9 Å². The summed E-state index contributed by atoms with van der Waals surface area (Å²) in [6.07, 6.45) is 3.48. The molecular weight excluding hydrogens is 258 g/mol. The lowest BCUT2D eigenvalue weighted by Gasteiger charge is -2.29. The van der Waals surface area contributed by atoms with Crippen LogP contribution in [0.3, 0.4) is 0 Å². The van der Waals surface area contributed by atoms with Gasteiger partial charge in [0.15, 0.2) is 11.5 Å². The number of carbonyl (C=O) groups excluding carboxylic acids is 1. The number of hydrogen-bond donors (Lipinski definition) is 1. The summed E-state index contributed by atoms with van der Waals surface area (Å²) in [5.74, 6) is 0.834. The van der Waals surface area contributed by atoms with Crippen molar-refractivity contribution in [2.75, 3.05) is 20.1 Å². The third-order valence-electron chi connectivity index (χ3n) is 3.56. The first-order chi connectivity index (χ1) is 9.72. The van der Waals surface area contributed by atoms with Crippen molar-refractivity contribution in [3.63, 3.8) is 0 Å². The number of aromatic nitrogens is 1. The highest BCUT2D eigenvalue weighted by Crippen LogP contribution is 2.20. The third-order valence-corrected chi connectivity index (χ3v) is 3.56. The average molecular weight is 275 g/mol. The first-order valence-electron chi connectivity index (χ1n) is 6.72. The molecular formula is C14H17N3O3. The van der Waals surface area contributed by atoms with Crippen LogP contribution in [-0.4, -0.2) is 42.1 Å². The maximum absolute atomic E-state index is 12.1. The molecule has 20 heavy (non-hydrogen) atoms. The van der Waals surface area contributed by atoms with Crippen molar-refractivity contribution < 1.29 is 13.7 Å². The molecule has 3 rings (SSSR count). The number of nitrogens with one attached hydrogen (secondary N) is 1. The molecule has 1 aliphatic rings. The van der Waals surface area contributed by atoms with Gasteiger partial charge in [0, 0.05) is 12.1 Å². The average Bonchev–Trinajstić information content (AvgIpc) is 3.11.